The number of carbonyl (C=O) groups is 1. The monoisotopic (exact) mass is 316 g/mol. The normalized spacial score (nSPS) is 11.3. The van der Waals surface area contributed by atoms with Gasteiger partial charge in [0.25, 0.3) is 0 Å². The van der Waals surface area contributed by atoms with Gasteiger partial charge in [0.1, 0.15) is 11.4 Å². The molecule has 2 aromatic rings. The van der Waals surface area contributed by atoms with Crippen molar-refractivity contribution in [2.75, 3.05) is 0 Å². The lowest BCUT2D eigenvalue weighted by atomic mass is 10.0. The van der Waals surface area contributed by atoms with Crippen molar-refractivity contribution in [3.63, 3.8) is 0 Å². The Morgan fingerprint density at radius 3 is 2.00 bits per heavy atom. The highest BCUT2D eigenvalue weighted by molar-refractivity contribution is 6.30. The van der Waals surface area contributed by atoms with Crippen molar-refractivity contribution >= 4 is 17.4 Å². The summed E-state index contributed by atoms with van der Waals surface area (Å²) in [6.07, 6.45) is 2.05. The van der Waals surface area contributed by atoms with E-state index in [1.54, 1.807) is 36.4 Å². The van der Waals surface area contributed by atoms with Crippen LogP contribution >= 0.6 is 11.6 Å². The number of benzene rings is 2. The van der Waals surface area contributed by atoms with Crippen LogP contribution in [0.2, 0.25) is 5.02 Å². The highest BCUT2D eigenvalue weighted by Gasteiger charge is 2.18. The Bertz CT molecular complexity index is 627. The van der Waals surface area contributed by atoms with Gasteiger partial charge in [0.05, 0.1) is 0 Å². The Kier molecular flexibility index (Phi) is 5.25. The largest absolute Gasteiger partial charge is 0.488 e. The molecule has 3 heteroatoms. The number of carbonyl (C=O) groups excluding carboxylic acids is 1. The molecule has 116 valence electrons. The van der Waals surface area contributed by atoms with Gasteiger partial charge in [-0.05, 0) is 68.8 Å². The van der Waals surface area contributed by atoms with Gasteiger partial charge in [-0.3, -0.25) is 4.79 Å². The molecule has 2 nitrogen and oxygen atoms in total. The summed E-state index contributed by atoms with van der Waals surface area (Å²) in [5, 5.41) is 0.624. The topological polar surface area (TPSA) is 26.3 Å². The summed E-state index contributed by atoms with van der Waals surface area (Å²) < 4.78 is 5.97. The zero-order valence-corrected chi connectivity index (χ0v) is 14.0. The Labute approximate surface area is 137 Å². The minimum absolute atomic E-state index is 0.0176. The van der Waals surface area contributed by atoms with E-state index in [2.05, 4.69) is 20.8 Å². The Hall–Kier alpha value is -1.80. The van der Waals surface area contributed by atoms with Crippen LogP contribution in [0, 0.1) is 0 Å². The first-order chi connectivity index (χ1) is 10.4. The highest BCUT2D eigenvalue weighted by atomic mass is 35.5. The number of halogens is 1. The van der Waals surface area contributed by atoms with Gasteiger partial charge in [-0.15, -0.1) is 0 Å². The van der Waals surface area contributed by atoms with Crippen LogP contribution in [0.25, 0.3) is 0 Å². The van der Waals surface area contributed by atoms with Gasteiger partial charge in [-0.2, -0.15) is 0 Å². The lowest BCUT2D eigenvalue weighted by molar-refractivity contribution is 0.0985. The van der Waals surface area contributed by atoms with Crippen LogP contribution in [-0.4, -0.2) is 11.4 Å². The first-order valence-corrected chi connectivity index (χ1v) is 7.88. The molecule has 0 aliphatic heterocycles. The number of rotatable bonds is 6. The minimum atomic E-state index is -0.198. The van der Waals surface area contributed by atoms with Crippen molar-refractivity contribution < 1.29 is 9.53 Å². The summed E-state index contributed by atoms with van der Waals surface area (Å²) in [4.78, 5) is 12.4. The molecule has 2 aromatic carbocycles. The molecule has 0 atom stereocenters. The average Bonchev–Trinajstić information content (AvgIpc) is 2.47. The van der Waals surface area contributed by atoms with Crippen molar-refractivity contribution in [1.82, 2.24) is 0 Å². The average molecular weight is 317 g/mol. The van der Waals surface area contributed by atoms with E-state index in [0.717, 1.165) is 18.6 Å². The summed E-state index contributed by atoms with van der Waals surface area (Å²) in [6, 6.07) is 14.2. The summed E-state index contributed by atoms with van der Waals surface area (Å²) >= 11 is 5.84. The third-order valence-electron chi connectivity index (χ3n) is 3.47. The van der Waals surface area contributed by atoms with E-state index >= 15 is 0 Å². The smallest absolute Gasteiger partial charge is 0.193 e. The van der Waals surface area contributed by atoms with Crippen LogP contribution in [0.1, 0.15) is 49.5 Å². The van der Waals surface area contributed by atoms with E-state index in [1.807, 2.05) is 12.1 Å². The van der Waals surface area contributed by atoms with Crippen LogP contribution in [-0.2, 0) is 0 Å². The fourth-order valence-electron chi connectivity index (χ4n) is 2.41. The van der Waals surface area contributed by atoms with Gasteiger partial charge in [0.15, 0.2) is 5.78 Å². The molecule has 0 saturated carbocycles. The Morgan fingerprint density at radius 2 is 1.50 bits per heavy atom. The molecule has 0 unspecified atom stereocenters. The van der Waals surface area contributed by atoms with E-state index in [1.165, 1.54) is 0 Å². The number of ketones is 1. The minimum Gasteiger partial charge on any atom is -0.488 e. The first-order valence-electron chi connectivity index (χ1n) is 7.50. The van der Waals surface area contributed by atoms with E-state index in [0.29, 0.717) is 16.1 Å². The number of hydrogen-bond acceptors (Lipinski definition) is 2. The predicted molar refractivity (Wildman–Crippen MR) is 90.9 cm³/mol. The predicted octanol–water partition coefficient (Wildman–Crippen LogP) is 5.53. The zero-order valence-electron chi connectivity index (χ0n) is 13.2. The van der Waals surface area contributed by atoms with E-state index in [4.69, 9.17) is 16.3 Å². The molecule has 0 radical (unpaired) electrons. The maximum atomic E-state index is 12.4. The molecule has 0 amide bonds. The fraction of sp³-hybridized carbons (Fsp3) is 0.316. The fourth-order valence-corrected chi connectivity index (χ4v) is 2.54. The second kappa shape index (κ2) is 6.97. The van der Waals surface area contributed by atoms with Gasteiger partial charge in [-0.25, -0.2) is 0 Å². The molecule has 0 aliphatic rings. The summed E-state index contributed by atoms with van der Waals surface area (Å²) in [5.41, 5.74) is 1.07. The van der Waals surface area contributed by atoms with E-state index in [9.17, 15) is 4.79 Å². The standard InChI is InChI=1S/C19H21ClO2/c1-4-13-19(2,3)22-17-11-7-15(8-12-17)18(21)14-5-9-16(20)10-6-14/h5-12H,4,13H2,1-3H3. The summed E-state index contributed by atoms with van der Waals surface area (Å²) in [6.45, 7) is 6.28. The Morgan fingerprint density at radius 1 is 1.00 bits per heavy atom. The molecule has 0 spiro atoms. The highest BCUT2D eigenvalue weighted by Crippen LogP contribution is 2.23. The molecule has 0 N–H and O–H groups in total. The van der Waals surface area contributed by atoms with Crippen LogP contribution in [0.5, 0.6) is 5.75 Å². The molecule has 0 aromatic heterocycles. The van der Waals surface area contributed by atoms with E-state index < -0.39 is 0 Å². The molecule has 0 heterocycles. The van der Waals surface area contributed by atoms with Crippen molar-refractivity contribution in [2.45, 2.75) is 39.2 Å². The van der Waals surface area contributed by atoms with Gasteiger partial charge < -0.3 is 4.74 Å². The zero-order chi connectivity index (χ0) is 16.2. The SMILES string of the molecule is CCCC(C)(C)Oc1ccc(C(=O)c2ccc(Cl)cc2)cc1. The maximum absolute atomic E-state index is 12.4. The number of ether oxygens (including phenoxy) is 1. The first kappa shape index (κ1) is 16.6. The van der Waals surface area contributed by atoms with Crippen molar-refractivity contribution in [1.29, 1.82) is 0 Å². The van der Waals surface area contributed by atoms with Crippen LogP contribution < -0.4 is 4.74 Å². The van der Waals surface area contributed by atoms with E-state index in [-0.39, 0.29) is 11.4 Å². The maximum Gasteiger partial charge on any atom is 0.193 e. The quantitative estimate of drug-likeness (QED) is 0.655. The van der Waals surface area contributed by atoms with Gasteiger partial charge in [0.2, 0.25) is 0 Å². The molecule has 0 fully saturated rings. The lowest BCUT2D eigenvalue weighted by Crippen LogP contribution is -2.27. The molecule has 2 rings (SSSR count). The second-order valence-corrected chi connectivity index (χ2v) is 6.41. The molecule has 0 aliphatic carbocycles. The third-order valence-corrected chi connectivity index (χ3v) is 3.72. The summed E-state index contributed by atoms with van der Waals surface area (Å²) in [7, 11) is 0. The lowest BCUT2D eigenvalue weighted by Gasteiger charge is -2.26. The van der Waals surface area contributed by atoms with Crippen molar-refractivity contribution in [3.05, 3.63) is 64.7 Å². The number of hydrogen-bond donors (Lipinski definition) is 0. The molecular formula is C19H21ClO2. The van der Waals surface area contributed by atoms with Crippen molar-refractivity contribution in [3.8, 4) is 5.75 Å². The Balaban J connectivity index is 2.11. The molecule has 0 saturated heterocycles. The van der Waals surface area contributed by atoms with Crippen LogP contribution in [0.3, 0.4) is 0 Å². The van der Waals surface area contributed by atoms with Gasteiger partial charge >= 0.3 is 0 Å². The van der Waals surface area contributed by atoms with Gasteiger partial charge in [0, 0.05) is 16.1 Å². The third kappa shape index (κ3) is 4.35. The van der Waals surface area contributed by atoms with Crippen molar-refractivity contribution in [2.24, 2.45) is 0 Å². The second-order valence-electron chi connectivity index (χ2n) is 5.97. The van der Waals surface area contributed by atoms with Gasteiger partial charge in [-0.1, -0.05) is 24.9 Å². The van der Waals surface area contributed by atoms with Crippen LogP contribution in [0.15, 0.2) is 48.5 Å². The molecular weight excluding hydrogens is 296 g/mol. The molecule has 22 heavy (non-hydrogen) atoms. The summed E-state index contributed by atoms with van der Waals surface area (Å²) in [5.74, 6) is 0.766. The molecule has 0 bridgehead atoms. The van der Waals surface area contributed by atoms with Crippen LogP contribution in [0.4, 0.5) is 0 Å².